The predicted molar refractivity (Wildman–Crippen MR) is 37.4 cm³/mol. The summed E-state index contributed by atoms with van der Waals surface area (Å²) in [6.07, 6.45) is 0. The molecule has 0 aliphatic carbocycles. The van der Waals surface area contributed by atoms with Gasteiger partial charge in [0.25, 0.3) is 0 Å². The number of hydrogen-bond acceptors (Lipinski definition) is 1. The van der Waals surface area contributed by atoms with Gasteiger partial charge in [-0.05, 0) is 6.07 Å². The van der Waals surface area contributed by atoms with E-state index in [1.54, 1.807) is 19.2 Å². The monoisotopic (exact) mass is 137 g/mol. The van der Waals surface area contributed by atoms with Crippen LogP contribution in [0.4, 0.5) is 0 Å². The second-order valence-corrected chi connectivity index (χ2v) is 1.96. The first-order valence-corrected chi connectivity index (χ1v) is 3.08. The predicted octanol–water partition coefficient (Wildman–Crippen LogP) is 1.63. The molecule has 1 aromatic rings. The van der Waals surface area contributed by atoms with E-state index in [1.165, 1.54) is 0 Å². The third-order valence-corrected chi connectivity index (χ3v) is 1.35. The number of benzene rings is 1. The lowest BCUT2D eigenvalue weighted by atomic mass is 10.2. The van der Waals surface area contributed by atoms with Gasteiger partial charge < -0.3 is 4.74 Å². The van der Waals surface area contributed by atoms with E-state index in [4.69, 9.17) is 4.74 Å². The van der Waals surface area contributed by atoms with Crippen molar-refractivity contribution in [3.63, 3.8) is 0 Å². The zero-order valence-corrected chi connectivity index (χ0v) is 5.83. The highest BCUT2D eigenvalue weighted by Gasteiger charge is 1.97. The van der Waals surface area contributed by atoms with Crippen LogP contribution in [0.5, 0.6) is 5.75 Å². The smallest absolute Gasteiger partial charge is 0.124 e. The molecule has 0 saturated heterocycles. The quantitative estimate of drug-likeness (QED) is 0.609. The Bertz CT molecular complexity index is 185. The van der Waals surface area contributed by atoms with Gasteiger partial charge in [-0.2, -0.15) is 0 Å². The molecule has 0 aliphatic heterocycles. The first kappa shape index (κ1) is 7.09. The van der Waals surface area contributed by atoms with Crippen LogP contribution < -0.4 is 4.74 Å². The third-order valence-electron chi connectivity index (χ3n) is 1.35. The molecule has 2 nitrogen and oxygen atoms in total. The summed E-state index contributed by atoms with van der Waals surface area (Å²) < 4.78 is 4.94. The van der Waals surface area contributed by atoms with Crippen molar-refractivity contribution < 1.29 is 9.84 Å². The molecule has 2 heteroatoms. The molecular formula is C8H9O2. The van der Waals surface area contributed by atoms with Crippen molar-refractivity contribution in [2.45, 2.75) is 6.61 Å². The number of ether oxygens (including phenoxy) is 1. The van der Waals surface area contributed by atoms with Gasteiger partial charge in [0.05, 0.1) is 7.11 Å². The molecule has 0 N–H and O–H groups in total. The van der Waals surface area contributed by atoms with Crippen LogP contribution >= 0.6 is 0 Å². The van der Waals surface area contributed by atoms with Gasteiger partial charge in [-0.1, -0.05) is 18.2 Å². The van der Waals surface area contributed by atoms with Gasteiger partial charge in [-0.15, -0.1) is 0 Å². The molecule has 0 spiro atoms. The lowest BCUT2D eigenvalue weighted by Crippen LogP contribution is -1.89. The van der Waals surface area contributed by atoms with E-state index >= 15 is 0 Å². The van der Waals surface area contributed by atoms with E-state index < -0.39 is 0 Å². The largest absolute Gasteiger partial charge is 0.496 e. The minimum Gasteiger partial charge on any atom is -0.496 e. The van der Waals surface area contributed by atoms with Crippen LogP contribution in [0.25, 0.3) is 0 Å². The van der Waals surface area contributed by atoms with Gasteiger partial charge in [-0.3, -0.25) is 0 Å². The first-order chi connectivity index (χ1) is 4.88. The van der Waals surface area contributed by atoms with Crippen molar-refractivity contribution in [3.8, 4) is 5.75 Å². The molecule has 0 unspecified atom stereocenters. The zero-order chi connectivity index (χ0) is 7.40. The summed E-state index contributed by atoms with van der Waals surface area (Å²) in [4.78, 5) is 0. The Kier molecular flexibility index (Phi) is 2.29. The average Bonchev–Trinajstić information content (AvgIpc) is 2.04. The van der Waals surface area contributed by atoms with E-state index in [0.717, 1.165) is 0 Å². The topological polar surface area (TPSA) is 29.1 Å². The fourth-order valence-electron chi connectivity index (χ4n) is 0.822. The molecule has 0 saturated carbocycles. The Morgan fingerprint density at radius 3 is 2.60 bits per heavy atom. The fraction of sp³-hybridized carbons (Fsp3) is 0.250. The second kappa shape index (κ2) is 3.22. The van der Waals surface area contributed by atoms with E-state index in [9.17, 15) is 5.11 Å². The number of rotatable bonds is 2. The maximum atomic E-state index is 10.4. The van der Waals surface area contributed by atoms with Crippen molar-refractivity contribution in [2.24, 2.45) is 0 Å². The van der Waals surface area contributed by atoms with Gasteiger partial charge in [0.2, 0.25) is 0 Å². The Morgan fingerprint density at radius 2 is 2.10 bits per heavy atom. The molecule has 0 heterocycles. The van der Waals surface area contributed by atoms with E-state index in [1.807, 2.05) is 12.1 Å². The van der Waals surface area contributed by atoms with Crippen LogP contribution in [-0.2, 0) is 11.7 Å². The summed E-state index contributed by atoms with van der Waals surface area (Å²) >= 11 is 0. The molecule has 53 valence electrons. The minimum absolute atomic E-state index is 0.218. The lowest BCUT2D eigenvalue weighted by molar-refractivity contribution is 0.174. The van der Waals surface area contributed by atoms with Gasteiger partial charge in [0.15, 0.2) is 0 Å². The number of hydrogen-bond donors (Lipinski definition) is 0. The second-order valence-electron chi connectivity index (χ2n) is 1.96. The standard InChI is InChI=1S/C8H9O2/c1-10-8-5-3-2-4-7(8)6-9/h2-5H,6H2,1H3. The molecule has 0 fully saturated rings. The molecule has 0 aromatic heterocycles. The van der Waals surface area contributed by atoms with Crippen LogP contribution in [-0.4, -0.2) is 7.11 Å². The molecule has 1 aromatic carbocycles. The number of para-hydroxylation sites is 1. The van der Waals surface area contributed by atoms with Crippen molar-refractivity contribution in [3.05, 3.63) is 29.8 Å². The van der Waals surface area contributed by atoms with Crippen LogP contribution in [0.3, 0.4) is 0 Å². The third kappa shape index (κ3) is 1.28. The Hall–Kier alpha value is -1.02. The highest BCUT2D eigenvalue weighted by molar-refractivity contribution is 5.32. The molecule has 1 rings (SSSR count). The van der Waals surface area contributed by atoms with Gasteiger partial charge in [0.1, 0.15) is 12.4 Å². The summed E-state index contributed by atoms with van der Waals surface area (Å²) in [7, 11) is 1.56. The van der Waals surface area contributed by atoms with E-state index in [-0.39, 0.29) is 6.61 Å². The Labute approximate surface area is 60.1 Å². The summed E-state index contributed by atoms with van der Waals surface area (Å²) in [6.45, 7) is -0.218. The van der Waals surface area contributed by atoms with Crippen LogP contribution in [0.15, 0.2) is 24.3 Å². The summed E-state index contributed by atoms with van der Waals surface area (Å²) in [5, 5.41) is 10.4. The SMILES string of the molecule is COc1ccccc1C[O]. The maximum absolute atomic E-state index is 10.4. The Morgan fingerprint density at radius 1 is 1.40 bits per heavy atom. The highest BCUT2D eigenvalue weighted by atomic mass is 16.5. The van der Waals surface area contributed by atoms with E-state index in [2.05, 4.69) is 0 Å². The molecule has 0 aliphatic rings. The highest BCUT2D eigenvalue weighted by Crippen LogP contribution is 2.16. The molecular weight excluding hydrogens is 128 g/mol. The molecule has 0 bridgehead atoms. The average molecular weight is 137 g/mol. The summed E-state index contributed by atoms with van der Waals surface area (Å²) in [6, 6.07) is 7.23. The minimum atomic E-state index is -0.218. The van der Waals surface area contributed by atoms with Gasteiger partial charge in [0, 0.05) is 5.56 Å². The number of methoxy groups -OCH3 is 1. The molecule has 10 heavy (non-hydrogen) atoms. The van der Waals surface area contributed by atoms with Crippen molar-refractivity contribution in [1.82, 2.24) is 0 Å². The molecule has 1 radical (unpaired) electrons. The summed E-state index contributed by atoms with van der Waals surface area (Å²) in [5.41, 5.74) is 0.713. The van der Waals surface area contributed by atoms with Gasteiger partial charge in [-0.25, -0.2) is 5.11 Å². The fourth-order valence-corrected chi connectivity index (χ4v) is 0.822. The van der Waals surface area contributed by atoms with Crippen LogP contribution in [0, 0.1) is 0 Å². The van der Waals surface area contributed by atoms with Crippen molar-refractivity contribution >= 4 is 0 Å². The Balaban J connectivity index is 2.96. The van der Waals surface area contributed by atoms with Crippen LogP contribution in [0.1, 0.15) is 5.56 Å². The molecule has 0 amide bonds. The lowest BCUT2D eigenvalue weighted by Gasteiger charge is -2.02. The molecule has 0 atom stereocenters. The van der Waals surface area contributed by atoms with E-state index in [0.29, 0.717) is 11.3 Å². The normalized spacial score (nSPS) is 9.40. The van der Waals surface area contributed by atoms with Crippen molar-refractivity contribution in [2.75, 3.05) is 7.11 Å². The first-order valence-electron chi connectivity index (χ1n) is 3.08. The van der Waals surface area contributed by atoms with Gasteiger partial charge >= 0.3 is 0 Å². The van der Waals surface area contributed by atoms with Crippen molar-refractivity contribution in [1.29, 1.82) is 0 Å². The summed E-state index contributed by atoms with van der Waals surface area (Å²) in [5.74, 6) is 0.678. The zero-order valence-electron chi connectivity index (χ0n) is 5.83. The maximum Gasteiger partial charge on any atom is 0.124 e. The van der Waals surface area contributed by atoms with Crippen LogP contribution in [0.2, 0.25) is 0 Å².